The predicted octanol–water partition coefficient (Wildman–Crippen LogP) is 4.99. The van der Waals surface area contributed by atoms with Gasteiger partial charge in [-0.05, 0) is 50.8 Å². The molecule has 25 heavy (non-hydrogen) atoms. The van der Waals surface area contributed by atoms with Crippen molar-refractivity contribution in [3.63, 3.8) is 0 Å². The number of aromatic nitrogens is 2. The zero-order chi connectivity index (χ0) is 18.1. The predicted molar refractivity (Wildman–Crippen MR) is 103 cm³/mol. The quantitative estimate of drug-likeness (QED) is 0.551. The van der Waals surface area contributed by atoms with Crippen LogP contribution >= 0.6 is 22.9 Å². The standard InChI is InChI=1S/C18H24ClN3O2S/c1-10(2)24-17(23)14-11(3)13-15(20-18(19)21-16(13)25-14)22(4)12-8-6-5-7-9-12/h10,12H,5-9H2,1-4H3. The molecule has 0 N–H and O–H groups in total. The molecule has 0 amide bonds. The molecule has 1 fully saturated rings. The van der Waals surface area contributed by atoms with E-state index in [9.17, 15) is 4.79 Å². The van der Waals surface area contributed by atoms with Gasteiger partial charge in [0.15, 0.2) is 0 Å². The molecule has 0 unspecified atom stereocenters. The van der Waals surface area contributed by atoms with Crippen LogP contribution in [0.15, 0.2) is 0 Å². The van der Waals surface area contributed by atoms with Crippen molar-refractivity contribution in [3.05, 3.63) is 15.7 Å². The molecule has 0 aliphatic heterocycles. The molecule has 3 rings (SSSR count). The second-order valence-corrected chi connectivity index (χ2v) is 8.25. The van der Waals surface area contributed by atoms with Gasteiger partial charge in [-0.15, -0.1) is 11.3 Å². The number of hydrogen-bond acceptors (Lipinski definition) is 6. The average Bonchev–Trinajstić information content (AvgIpc) is 2.90. The van der Waals surface area contributed by atoms with E-state index < -0.39 is 0 Å². The summed E-state index contributed by atoms with van der Waals surface area (Å²) in [6, 6.07) is 0.452. The Morgan fingerprint density at radius 3 is 2.60 bits per heavy atom. The number of fused-ring (bicyclic) bond motifs is 1. The van der Waals surface area contributed by atoms with E-state index in [0.29, 0.717) is 10.9 Å². The molecular weight excluding hydrogens is 358 g/mol. The molecule has 0 bridgehead atoms. The summed E-state index contributed by atoms with van der Waals surface area (Å²) < 4.78 is 5.37. The highest BCUT2D eigenvalue weighted by Gasteiger charge is 2.26. The van der Waals surface area contributed by atoms with Crippen LogP contribution in [0.2, 0.25) is 5.28 Å². The molecule has 2 aromatic heterocycles. The Labute approximate surface area is 157 Å². The number of carbonyl (C=O) groups is 1. The maximum Gasteiger partial charge on any atom is 0.348 e. The molecule has 1 aliphatic carbocycles. The molecule has 1 aliphatic rings. The lowest BCUT2D eigenvalue weighted by atomic mass is 9.94. The van der Waals surface area contributed by atoms with Crippen LogP contribution in [0.3, 0.4) is 0 Å². The van der Waals surface area contributed by atoms with Gasteiger partial charge in [-0.1, -0.05) is 19.3 Å². The number of carbonyl (C=O) groups excluding carboxylic acids is 1. The van der Waals surface area contributed by atoms with Crippen molar-refractivity contribution < 1.29 is 9.53 Å². The zero-order valence-corrected chi connectivity index (χ0v) is 16.7. The summed E-state index contributed by atoms with van der Waals surface area (Å²) in [5.74, 6) is 0.511. The van der Waals surface area contributed by atoms with Gasteiger partial charge in [-0.25, -0.2) is 9.78 Å². The molecule has 0 saturated heterocycles. The number of thiophene rings is 1. The zero-order valence-electron chi connectivity index (χ0n) is 15.1. The topological polar surface area (TPSA) is 55.3 Å². The van der Waals surface area contributed by atoms with Gasteiger partial charge >= 0.3 is 5.97 Å². The fourth-order valence-electron chi connectivity index (χ4n) is 3.45. The summed E-state index contributed by atoms with van der Waals surface area (Å²) in [4.78, 5) is 24.8. The number of esters is 1. The van der Waals surface area contributed by atoms with E-state index in [-0.39, 0.29) is 17.4 Å². The van der Waals surface area contributed by atoms with Gasteiger partial charge in [0.05, 0.1) is 11.5 Å². The minimum absolute atomic E-state index is 0.156. The third-order valence-corrected chi connectivity index (χ3v) is 6.06. The van der Waals surface area contributed by atoms with Gasteiger partial charge in [0.25, 0.3) is 0 Å². The van der Waals surface area contributed by atoms with Crippen molar-refractivity contribution in [2.75, 3.05) is 11.9 Å². The number of hydrogen-bond donors (Lipinski definition) is 0. The molecule has 2 heterocycles. The molecule has 0 atom stereocenters. The number of nitrogens with zero attached hydrogens (tertiary/aromatic N) is 3. The Hall–Kier alpha value is -1.40. The first kappa shape index (κ1) is 18.4. The Bertz CT molecular complexity index is 784. The highest BCUT2D eigenvalue weighted by atomic mass is 35.5. The number of rotatable bonds is 4. The molecule has 7 heteroatoms. The maximum atomic E-state index is 12.4. The fraction of sp³-hybridized carbons (Fsp3) is 0.611. The lowest BCUT2D eigenvalue weighted by molar-refractivity contribution is 0.0383. The smallest absolute Gasteiger partial charge is 0.348 e. The van der Waals surface area contributed by atoms with Crippen LogP contribution in [-0.2, 0) is 4.74 Å². The summed E-state index contributed by atoms with van der Waals surface area (Å²) in [5.41, 5.74) is 0.875. The highest BCUT2D eigenvalue weighted by Crippen LogP contribution is 2.38. The van der Waals surface area contributed by atoms with Crippen LogP contribution in [-0.4, -0.2) is 35.1 Å². The van der Waals surface area contributed by atoms with E-state index in [0.717, 1.165) is 34.4 Å². The van der Waals surface area contributed by atoms with Crippen LogP contribution in [0.1, 0.15) is 61.2 Å². The molecule has 0 radical (unpaired) electrons. The van der Waals surface area contributed by atoms with E-state index in [4.69, 9.17) is 16.3 Å². The van der Waals surface area contributed by atoms with Gasteiger partial charge in [0.2, 0.25) is 5.28 Å². The monoisotopic (exact) mass is 381 g/mol. The number of aryl methyl sites for hydroxylation is 1. The third-order valence-electron chi connectivity index (χ3n) is 4.73. The van der Waals surface area contributed by atoms with Crippen molar-refractivity contribution in [1.29, 1.82) is 0 Å². The van der Waals surface area contributed by atoms with Crippen LogP contribution in [0, 0.1) is 6.92 Å². The molecule has 0 spiro atoms. The summed E-state index contributed by atoms with van der Waals surface area (Å²) >= 11 is 7.50. The largest absolute Gasteiger partial charge is 0.459 e. The fourth-order valence-corrected chi connectivity index (χ4v) is 4.72. The van der Waals surface area contributed by atoms with E-state index in [1.807, 2.05) is 20.8 Å². The minimum atomic E-state index is -0.308. The Morgan fingerprint density at radius 1 is 1.28 bits per heavy atom. The van der Waals surface area contributed by atoms with E-state index in [2.05, 4.69) is 21.9 Å². The van der Waals surface area contributed by atoms with Crippen LogP contribution in [0.4, 0.5) is 5.82 Å². The van der Waals surface area contributed by atoms with E-state index >= 15 is 0 Å². The highest BCUT2D eigenvalue weighted by molar-refractivity contribution is 7.20. The second-order valence-electron chi connectivity index (χ2n) is 6.91. The summed E-state index contributed by atoms with van der Waals surface area (Å²) in [7, 11) is 2.07. The molecule has 2 aromatic rings. The van der Waals surface area contributed by atoms with Crippen molar-refractivity contribution in [2.24, 2.45) is 0 Å². The van der Waals surface area contributed by atoms with Crippen LogP contribution < -0.4 is 4.90 Å². The summed E-state index contributed by atoms with van der Waals surface area (Å²) in [5, 5.41) is 1.13. The maximum absolute atomic E-state index is 12.4. The Kier molecular flexibility index (Phi) is 5.49. The van der Waals surface area contributed by atoms with Gasteiger partial charge in [0, 0.05) is 13.1 Å². The number of halogens is 1. The lowest BCUT2D eigenvalue weighted by Crippen LogP contribution is -2.34. The van der Waals surface area contributed by atoms with Crippen molar-refractivity contribution in [2.45, 2.75) is 65.0 Å². The lowest BCUT2D eigenvalue weighted by Gasteiger charge is -2.32. The SMILES string of the molecule is Cc1c(C(=O)OC(C)C)sc2nc(Cl)nc(N(C)C3CCCCC3)c12. The van der Waals surface area contributed by atoms with E-state index in [1.54, 1.807) is 0 Å². The normalized spacial score (nSPS) is 15.8. The Balaban J connectivity index is 2.06. The van der Waals surface area contributed by atoms with Gasteiger partial charge < -0.3 is 9.64 Å². The average molecular weight is 382 g/mol. The molecule has 0 aromatic carbocycles. The van der Waals surface area contributed by atoms with Gasteiger partial charge in [0.1, 0.15) is 15.5 Å². The van der Waals surface area contributed by atoms with E-state index in [1.165, 1.54) is 30.6 Å². The van der Waals surface area contributed by atoms with Gasteiger partial charge in [-0.2, -0.15) is 4.98 Å². The first-order chi connectivity index (χ1) is 11.9. The van der Waals surface area contributed by atoms with Crippen LogP contribution in [0.25, 0.3) is 10.2 Å². The summed E-state index contributed by atoms with van der Waals surface area (Å²) in [6.07, 6.45) is 5.94. The second kappa shape index (κ2) is 7.46. The minimum Gasteiger partial charge on any atom is -0.459 e. The molecule has 136 valence electrons. The first-order valence-corrected chi connectivity index (χ1v) is 9.98. The van der Waals surface area contributed by atoms with Gasteiger partial charge in [-0.3, -0.25) is 0 Å². The summed E-state index contributed by atoms with van der Waals surface area (Å²) in [6.45, 7) is 5.63. The number of ether oxygens (including phenoxy) is 1. The first-order valence-electron chi connectivity index (χ1n) is 8.79. The third kappa shape index (κ3) is 3.75. The Morgan fingerprint density at radius 2 is 1.96 bits per heavy atom. The van der Waals surface area contributed by atoms with Crippen molar-refractivity contribution in [1.82, 2.24) is 9.97 Å². The number of anilines is 1. The molecular formula is C18H24ClN3O2S. The van der Waals surface area contributed by atoms with Crippen molar-refractivity contribution >= 4 is 44.9 Å². The molecule has 1 saturated carbocycles. The molecule has 5 nitrogen and oxygen atoms in total. The van der Waals surface area contributed by atoms with Crippen LogP contribution in [0.5, 0.6) is 0 Å². The van der Waals surface area contributed by atoms with Crippen molar-refractivity contribution in [3.8, 4) is 0 Å².